The van der Waals surface area contributed by atoms with Gasteiger partial charge in [0.2, 0.25) is 0 Å². The van der Waals surface area contributed by atoms with Crippen molar-refractivity contribution < 1.29 is 24.2 Å². The number of carboxylic acid groups (broad SMARTS) is 1. The molecule has 0 radical (unpaired) electrons. The summed E-state index contributed by atoms with van der Waals surface area (Å²) in [6, 6.07) is 0. The third-order valence-corrected chi connectivity index (χ3v) is 1.79. The van der Waals surface area contributed by atoms with E-state index in [9.17, 15) is 14.4 Å². The van der Waals surface area contributed by atoms with Gasteiger partial charge in [0.05, 0.1) is 0 Å². The first-order chi connectivity index (χ1) is 6.28. The Morgan fingerprint density at radius 1 is 1.29 bits per heavy atom. The predicted molar refractivity (Wildman–Crippen MR) is 47.7 cm³/mol. The van der Waals surface area contributed by atoms with Crippen LogP contribution in [-0.2, 0) is 19.1 Å². The van der Waals surface area contributed by atoms with Gasteiger partial charge in [-0.15, -0.1) is 0 Å². The van der Waals surface area contributed by atoms with Crippen molar-refractivity contribution in [1.82, 2.24) is 0 Å². The first-order valence-corrected chi connectivity index (χ1v) is 4.26. The normalized spacial score (nSPS) is 10.8. The van der Waals surface area contributed by atoms with Gasteiger partial charge in [0.15, 0.2) is 0 Å². The molecule has 0 unspecified atom stereocenters. The Balaban J connectivity index is 4.12. The molecule has 80 valence electrons. The van der Waals surface area contributed by atoms with Crippen molar-refractivity contribution in [1.29, 1.82) is 0 Å². The van der Waals surface area contributed by atoms with Crippen molar-refractivity contribution in [3.05, 3.63) is 0 Å². The largest absolute Gasteiger partial charge is 0.475 e. The monoisotopic (exact) mass is 202 g/mol. The molecular weight excluding hydrogens is 188 g/mol. The summed E-state index contributed by atoms with van der Waals surface area (Å²) in [6.45, 7) is 5.21. The van der Waals surface area contributed by atoms with Gasteiger partial charge >= 0.3 is 11.9 Å². The molecule has 0 bridgehead atoms. The number of carbonyl (C=O) groups is 3. The Bertz CT molecular complexity index is 254. The Kier molecular flexibility index (Phi) is 4.27. The summed E-state index contributed by atoms with van der Waals surface area (Å²) < 4.78 is 4.88. The molecule has 0 saturated carbocycles. The fourth-order valence-corrected chi connectivity index (χ4v) is 0.623. The molecule has 0 aliphatic heterocycles. The molecule has 14 heavy (non-hydrogen) atoms. The average molecular weight is 202 g/mol. The van der Waals surface area contributed by atoms with Crippen molar-refractivity contribution in [2.24, 2.45) is 0 Å². The molecule has 0 heterocycles. The zero-order chi connectivity index (χ0) is 11.4. The summed E-state index contributed by atoms with van der Waals surface area (Å²) in [5.41, 5.74) is -0.657. The number of Topliss-reactive ketones (excluding diaryl/α,β-unsaturated/α-hetero) is 1. The van der Waals surface area contributed by atoms with Gasteiger partial charge in [-0.2, -0.15) is 0 Å². The zero-order valence-corrected chi connectivity index (χ0v) is 8.49. The number of ether oxygens (including phenoxy) is 1. The van der Waals surface area contributed by atoms with Crippen LogP contribution in [0.5, 0.6) is 0 Å². The van der Waals surface area contributed by atoms with E-state index < -0.39 is 29.7 Å². The second kappa shape index (κ2) is 4.74. The van der Waals surface area contributed by atoms with Crippen molar-refractivity contribution in [2.45, 2.75) is 39.2 Å². The number of hydrogen-bond acceptors (Lipinski definition) is 4. The summed E-state index contributed by atoms with van der Waals surface area (Å²) in [7, 11) is 0. The predicted octanol–water partition coefficient (Wildman–Crippen LogP) is 0.762. The minimum Gasteiger partial charge on any atom is -0.475 e. The van der Waals surface area contributed by atoms with E-state index >= 15 is 0 Å². The first kappa shape index (κ1) is 12.6. The van der Waals surface area contributed by atoms with Gasteiger partial charge in [-0.05, 0) is 20.3 Å². The molecule has 0 atom stereocenters. The number of ketones is 1. The van der Waals surface area contributed by atoms with E-state index in [2.05, 4.69) is 0 Å². The molecule has 5 nitrogen and oxygen atoms in total. The van der Waals surface area contributed by atoms with E-state index in [1.807, 2.05) is 6.92 Å². The maximum absolute atomic E-state index is 11.0. The minimum absolute atomic E-state index is 0.597. The highest BCUT2D eigenvalue weighted by Crippen LogP contribution is 2.14. The second-order valence-electron chi connectivity index (χ2n) is 3.49. The maximum Gasteiger partial charge on any atom is 0.372 e. The van der Waals surface area contributed by atoms with Crippen LogP contribution in [0.25, 0.3) is 0 Å². The average Bonchev–Trinajstić information content (AvgIpc) is 2.02. The van der Waals surface area contributed by atoms with E-state index in [4.69, 9.17) is 9.84 Å². The van der Waals surface area contributed by atoms with Gasteiger partial charge in [0.1, 0.15) is 12.0 Å². The molecule has 5 heteroatoms. The summed E-state index contributed by atoms with van der Waals surface area (Å²) in [4.78, 5) is 31.8. The quantitative estimate of drug-likeness (QED) is 0.404. The molecule has 0 rings (SSSR count). The zero-order valence-electron chi connectivity index (χ0n) is 8.49. The number of carboxylic acids is 1. The van der Waals surface area contributed by atoms with Gasteiger partial charge in [0, 0.05) is 0 Å². The molecule has 1 N–H and O–H groups in total. The molecule has 0 amide bonds. The van der Waals surface area contributed by atoms with Crippen LogP contribution in [-0.4, -0.2) is 28.4 Å². The third-order valence-electron chi connectivity index (χ3n) is 1.79. The number of hydrogen-bond donors (Lipinski definition) is 1. The lowest BCUT2D eigenvalue weighted by Gasteiger charge is -2.22. The van der Waals surface area contributed by atoms with Gasteiger partial charge in [0.25, 0.3) is 5.78 Å². The van der Waals surface area contributed by atoms with Crippen LogP contribution in [0.4, 0.5) is 0 Å². The second-order valence-corrected chi connectivity index (χ2v) is 3.49. The third kappa shape index (κ3) is 4.59. The summed E-state index contributed by atoms with van der Waals surface area (Å²) in [6.07, 6.45) is -0.112. The summed E-state index contributed by atoms with van der Waals surface area (Å²) in [5.74, 6) is -3.57. The van der Waals surface area contributed by atoms with Crippen molar-refractivity contribution >= 4 is 17.7 Å². The highest BCUT2D eigenvalue weighted by atomic mass is 16.6. The maximum atomic E-state index is 11.0. The highest BCUT2D eigenvalue weighted by Gasteiger charge is 2.24. The van der Waals surface area contributed by atoms with Crippen LogP contribution in [0.1, 0.15) is 33.6 Å². The Morgan fingerprint density at radius 3 is 2.14 bits per heavy atom. The van der Waals surface area contributed by atoms with E-state index in [1.54, 1.807) is 13.8 Å². The van der Waals surface area contributed by atoms with Gasteiger partial charge in [-0.3, -0.25) is 9.59 Å². The number of aliphatic carboxylic acids is 1. The molecule has 0 saturated heterocycles. The summed E-state index contributed by atoms with van der Waals surface area (Å²) >= 11 is 0. The minimum atomic E-state index is -1.61. The molecular formula is C9H14O5. The molecule has 0 fully saturated rings. The van der Waals surface area contributed by atoms with Crippen molar-refractivity contribution in [2.75, 3.05) is 0 Å². The van der Waals surface area contributed by atoms with Crippen LogP contribution in [0.15, 0.2) is 0 Å². The van der Waals surface area contributed by atoms with Crippen molar-refractivity contribution in [3.8, 4) is 0 Å². The van der Waals surface area contributed by atoms with Gasteiger partial charge < -0.3 is 9.84 Å². The molecule has 0 aromatic rings. The van der Waals surface area contributed by atoms with E-state index in [0.29, 0.717) is 6.42 Å². The van der Waals surface area contributed by atoms with Crippen LogP contribution in [0.2, 0.25) is 0 Å². The lowest BCUT2D eigenvalue weighted by molar-refractivity contribution is -0.161. The molecule has 0 aliphatic rings. The lowest BCUT2D eigenvalue weighted by Crippen LogP contribution is -2.29. The molecule has 0 aliphatic carbocycles. The Morgan fingerprint density at radius 2 is 1.79 bits per heavy atom. The van der Waals surface area contributed by atoms with Gasteiger partial charge in [-0.25, -0.2) is 4.79 Å². The fraction of sp³-hybridized carbons (Fsp3) is 0.667. The molecule has 0 aromatic carbocycles. The SMILES string of the molecule is CCC(C)(C)OC(=O)CC(=O)C(=O)O. The van der Waals surface area contributed by atoms with Crippen LogP contribution >= 0.6 is 0 Å². The Hall–Kier alpha value is -1.39. The Labute approximate surface area is 82.1 Å². The molecule has 0 aromatic heterocycles. The first-order valence-electron chi connectivity index (χ1n) is 4.26. The fourth-order valence-electron chi connectivity index (χ4n) is 0.623. The van der Waals surface area contributed by atoms with Crippen molar-refractivity contribution in [3.63, 3.8) is 0 Å². The van der Waals surface area contributed by atoms with Crippen LogP contribution < -0.4 is 0 Å². The standard InChI is InChI=1S/C9H14O5/c1-4-9(2,3)14-7(11)5-6(10)8(12)13/h4-5H2,1-3H3,(H,12,13). The summed E-state index contributed by atoms with van der Waals surface area (Å²) in [5, 5.41) is 8.23. The molecule has 0 spiro atoms. The number of rotatable bonds is 5. The lowest BCUT2D eigenvalue weighted by atomic mass is 10.1. The smallest absolute Gasteiger partial charge is 0.372 e. The van der Waals surface area contributed by atoms with Crippen LogP contribution in [0, 0.1) is 0 Å². The van der Waals surface area contributed by atoms with Gasteiger partial charge in [-0.1, -0.05) is 6.92 Å². The topological polar surface area (TPSA) is 80.7 Å². The van der Waals surface area contributed by atoms with E-state index in [1.165, 1.54) is 0 Å². The number of carbonyl (C=O) groups excluding carboxylic acids is 2. The van der Waals surface area contributed by atoms with Crippen LogP contribution in [0.3, 0.4) is 0 Å². The number of esters is 1. The van der Waals surface area contributed by atoms with E-state index in [-0.39, 0.29) is 0 Å². The highest BCUT2D eigenvalue weighted by molar-refractivity contribution is 6.35. The van der Waals surface area contributed by atoms with E-state index in [0.717, 1.165) is 0 Å².